The summed E-state index contributed by atoms with van der Waals surface area (Å²) in [7, 11) is 0. The predicted molar refractivity (Wildman–Crippen MR) is 79.8 cm³/mol. The fourth-order valence-electron chi connectivity index (χ4n) is 2.77. The van der Waals surface area contributed by atoms with E-state index < -0.39 is 52.8 Å². The third kappa shape index (κ3) is 3.75. The second-order valence-electron chi connectivity index (χ2n) is 5.87. The number of phenolic OH excluding ortho intramolecular Hbond substituents is 1. The summed E-state index contributed by atoms with van der Waals surface area (Å²) in [6.45, 7) is 0.0389. The van der Waals surface area contributed by atoms with Gasteiger partial charge in [-0.25, -0.2) is 4.79 Å². The number of carboxylic acids is 1. The third-order valence-corrected chi connectivity index (χ3v) is 4.06. The molecule has 2 rings (SSSR count). The summed E-state index contributed by atoms with van der Waals surface area (Å²) in [5, 5.41) is 59.4. The van der Waals surface area contributed by atoms with Gasteiger partial charge in [0.25, 0.3) is 5.91 Å². The summed E-state index contributed by atoms with van der Waals surface area (Å²) < 4.78 is 0. The van der Waals surface area contributed by atoms with Crippen molar-refractivity contribution in [2.75, 3.05) is 6.54 Å². The quantitative estimate of drug-likeness (QED) is 0.343. The lowest BCUT2D eigenvalue weighted by molar-refractivity contribution is -0.0990. The van der Waals surface area contributed by atoms with Crippen molar-refractivity contribution in [3.63, 3.8) is 0 Å². The van der Waals surface area contributed by atoms with E-state index in [2.05, 4.69) is 5.32 Å². The largest absolute Gasteiger partial charge is 0.508 e. The Bertz CT molecular complexity index is 635. The second kappa shape index (κ2) is 7.04. The molecule has 24 heavy (non-hydrogen) atoms. The van der Waals surface area contributed by atoms with E-state index in [1.165, 1.54) is 0 Å². The van der Waals surface area contributed by atoms with E-state index in [4.69, 9.17) is 5.11 Å². The van der Waals surface area contributed by atoms with E-state index in [0.29, 0.717) is 0 Å². The Kier molecular flexibility index (Phi) is 5.27. The molecular formula is C15H19NO8. The molecule has 2 unspecified atom stereocenters. The van der Waals surface area contributed by atoms with Crippen LogP contribution in [0.5, 0.6) is 11.5 Å². The molecule has 1 saturated carbocycles. The summed E-state index contributed by atoms with van der Waals surface area (Å²) in [5.74, 6) is -3.86. The van der Waals surface area contributed by atoms with E-state index in [-0.39, 0.29) is 25.3 Å². The van der Waals surface area contributed by atoms with Gasteiger partial charge in [0.05, 0.1) is 17.8 Å². The molecule has 7 N–H and O–H groups in total. The Morgan fingerprint density at radius 2 is 1.58 bits per heavy atom. The molecule has 1 aromatic rings. The van der Waals surface area contributed by atoms with Crippen LogP contribution in [0.2, 0.25) is 0 Å². The van der Waals surface area contributed by atoms with E-state index in [1.807, 2.05) is 0 Å². The zero-order valence-corrected chi connectivity index (χ0v) is 12.6. The minimum atomic E-state index is -1.50. The highest BCUT2D eigenvalue weighted by atomic mass is 16.4. The summed E-state index contributed by atoms with van der Waals surface area (Å²) in [6.07, 6.45) is -3.10. The minimum absolute atomic E-state index is 0.0389. The highest BCUT2D eigenvalue weighted by molar-refractivity contribution is 6.02. The molecule has 132 valence electrons. The third-order valence-electron chi connectivity index (χ3n) is 4.06. The first-order valence-corrected chi connectivity index (χ1v) is 7.32. The van der Waals surface area contributed by atoms with Gasteiger partial charge >= 0.3 is 5.97 Å². The lowest BCUT2D eigenvalue weighted by Crippen LogP contribution is -2.46. The lowest BCUT2D eigenvalue weighted by Gasteiger charge is -2.34. The van der Waals surface area contributed by atoms with Gasteiger partial charge in [0, 0.05) is 6.54 Å². The number of aromatic carboxylic acids is 1. The first-order valence-electron chi connectivity index (χ1n) is 7.32. The van der Waals surface area contributed by atoms with Crippen molar-refractivity contribution in [2.45, 2.75) is 31.2 Å². The number of aliphatic hydroxyl groups is 3. The van der Waals surface area contributed by atoms with Crippen molar-refractivity contribution in [2.24, 2.45) is 5.92 Å². The zero-order chi connectivity index (χ0) is 18.0. The molecule has 0 radical (unpaired) electrons. The maximum atomic E-state index is 12.1. The maximum Gasteiger partial charge on any atom is 0.339 e. The summed E-state index contributed by atoms with van der Waals surface area (Å²) >= 11 is 0. The number of carboxylic acid groups (broad SMARTS) is 1. The molecule has 0 spiro atoms. The molecule has 0 aliphatic heterocycles. The maximum absolute atomic E-state index is 12.1. The average molecular weight is 341 g/mol. The first-order chi connectivity index (χ1) is 11.2. The smallest absolute Gasteiger partial charge is 0.339 e. The molecule has 0 bridgehead atoms. The molecule has 0 saturated heterocycles. The Morgan fingerprint density at radius 1 is 1.04 bits per heavy atom. The van der Waals surface area contributed by atoms with Crippen molar-refractivity contribution in [1.29, 1.82) is 0 Å². The molecule has 1 aromatic carbocycles. The van der Waals surface area contributed by atoms with E-state index >= 15 is 0 Å². The van der Waals surface area contributed by atoms with Crippen LogP contribution in [0.3, 0.4) is 0 Å². The van der Waals surface area contributed by atoms with E-state index in [1.54, 1.807) is 0 Å². The minimum Gasteiger partial charge on any atom is -0.508 e. The standard InChI is InChI=1S/C15H19NO8/c17-7-3-8(12(20)9(4-7)15(23)24)14(22)16-5-6-1-10(18)13(21)11(19)2-6/h3-4,6,10-11,13,17-21H,1-2,5H2,(H,16,22)(H,23,24). The second-order valence-corrected chi connectivity index (χ2v) is 5.87. The van der Waals surface area contributed by atoms with Crippen LogP contribution in [0, 0.1) is 5.92 Å². The van der Waals surface area contributed by atoms with Crippen molar-refractivity contribution in [3.8, 4) is 11.5 Å². The van der Waals surface area contributed by atoms with E-state index in [0.717, 1.165) is 12.1 Å². The predicted octanol–water partition coefficient (Wildman–Crippen LogP) is -0.982. The Hall–Kier alpha value is -2.36. The van der Waals surface area contributed by atoms with Gasteiger partial charge in [0.2, 0.25) is 0 Å². The number of aliphatic hydroxyl groups excluding tert-OH is 3. The zero-order valence-electron chi connectivity index (χ0n) is 12.6. The topological polar surface area (TPSA) is 168 Å². The fraction of sp³-hybridized carbons (Fsp3) is 0.467. The number of amides is 1. The Labute approximate surface area is 136 Å². The molecule has 1 aliphatic rings. The van der Waals surface area contributed by atoms with Crippen LogP contribution in [0.15, 0.2) is 12.1 Å². The number of hydrogen-bond acceptors (Lipinski definition) is 7. The first kappa shape index (κ1) is 18.0. The summed E-state index contributed by atoms with van der Waals surface area (Å²) in [5.41, 5.74) is -1.00. The number of carbonyl (C=O) groups is 2. The van der Waals surface area contributed by atoms with Gasteiger partial charge in [-0.05, 0) is 30.9 Å². The van der Waals surface area contributed by atoms with Crippen LogP contribution >= 0.6 is 0 Å². The van der Waals surface area contributed by atoms with Crippen molar-refractivity contribution in [1.82, 2.24) is 5.32 Å². The Morgan fingerprint density at radius 3 is 2.12 bits per heavy atom. The van der Waals surface area contributed by atoms with Crippen LogP contribution in [-0.4, -0.2) is 67.4 Å². The van der Waals surface area contributed by atoms with Gasteiger partial charge in [-0.1, -0.05) is 0 Å². The number of rotatable bonds is 4. The molecule has 1 aliphatic carbocycles. The van der Waals surface area contributed by atoms with Crippen LogP contribution in [-0.2, 0) is 0 Å². The molecule has 0 heterocycles. The van der Waals surface area contributed by atoms with Gasteiger partial charge in [-0.2, -0.15) is 0 Å². The van der Waals surface area contributed by atoms with E-state index in [9.17, 15) is 35.1 Å². The molecule has 9 heteroatoms. The number of phenols is 2. The average Bonchev–Trinajstić information content (AvgIpc) is 2.51. The monoisotopic (exact) mass is 341 g/mol. The lowest BCUT2D eigenvalue weighted by atomic mass is 9.83. The summed E-state index contributed by atoms with van der Waals surface area (Å²) in [4.78, 5) is 23.1. The van der Waals surface area contributed by atoms with Crippen LogP contribution in [0.4, 0.5) is 0 Å². The number of benzene rings is 1. The van der Waals surface area contributed by atoms with Crippen molar-refractivity contribution < 1.29 is 40.2 Å². The molecule has 0 aromatic heterocycles. The SMILES string of the molecule is O=C(O)c1cc(O)cc(C(=O)NCC2CC(O)C(O)C(O)C2)c1O. The number of hydrogen-bond donors (Lipinski definition) is 7. The fourth-order valence-corrected chi connectivity index (χ4v) is 2.77. The van der Waals surface area contributed by atoms with Gasteiger partial charge < -0.3 is 36.0 Å². The molecule has 1 amide bonds. The Balaban J connectivity index is 2.07. The highest BCUT2D eigenvalue weighted by Crippen LogP contribution is 2.28. The normalized spacial score (nSPS) is 26.8. The number of carbonyl (C=O) groups excluding carboxylic acids is 1. The molecule has 2 atom stereocenters. The van der Waals surface area contributed by atoms with Gasteiger partial charge in [0.1, 0.15) is 23.2 Å². The van der Waals surface area contributed by atoms with Gasteiger partial charge in [-0.3, -0.25) is 4.79 Å². The van der Waals surface area contributed by atoms with Crippen LogP contribution in [0.1, 0.15) is 33.6 Å². The molecule has 9 nitrogen and oxygen atoms in total. The van der Waals surface area contributed by atoms with Crippen molar-refractivity contribution in [3.05, 3.63) is 23.3 Å². The van der Waals surface area contributed by atoms with Gasteiger partial charge in [0.15, 0.2) is 0 Å². The molecule has 1 fully saturated rings. The van der Waals surface area contributed by atoms with Crippen LogP contribution < -0.4 is 5.32 Å². The van der Waals surface area contributed by atoms with Crippen molar-refractivity contribution >= 4 is 11.9 Å². The highest BCUT2D eigenvalue weighted by Gasteiger charge is 2.34. The summed E-state index contributed by atoms with van der Waals surface area (Å²) in [6, 6.07) is 1.76. The van der Waals surface area contributed by atoms with Gasteiger partial charge in [-0.15, -0.1) is 0 Å². The van der Waals surface area contributed by atoms with Crippen LogP contribution in [0.25, 0.3) is 0 Å². The number of nitrogens with one attached hydrogen (secondary N) is 1. The molecular weight excluding hydrogens is 322 g/mol. The number of aromatic hydroxyl groups is 2.